The highest BCUT2D eigenvalue weighted by molar-refractivity contribution is 8.00. The van der Waals surface area contributed by atoms with Crippen molar-refractivity contribution in [3.05, 3.63) is 71.3 Å². The van der Waals surface area contributed by atoms with Gasteiger partial charge >= 0.3 is 23.9 Å². The number of hydrogen-bond acceptors (Lipinski definition) is 12. The van der Waals surface area contributed by atoms with Gasteiger partial charge in [0.05, 0.1) is 43.5 Å². The smallest absolute Gasteiger partial charge is 0.321 e. The second kappa shape index (κ2) is 28.0. The summed E-state index contributed by atoms with van der Waals surface area (Å²) in [6.45, 7) is 25.4. The largest absolute Gasteiger partial charge is 0.466 e. The Hall–Kier alpha value is -4.52. The van der Waals surface area contributed by atoms with Gasteiger partial charge in [-0.05, 0) is 79.7 Å². The maximum Gasteiger partial charge on any atom is 0.321 e. The maximum atomic E-state index is 12.4. The van der Waals surface area contributed by atoms with E-state index >= 15 is 0 Å². The Bertz CT molecular complexity index is 1450. The number of imide groups is 1. The average Bonchev–Trinajstić information content (AvgIpc) is 3.40. The fourth-order valence-corrected chi connectivity index (χ4v) is 4.07. The first-order valence-corrected chi connectivity index (χ1v) is 19.7. The molecule has 1 aliphatic heterocycles. The average molecular weight is 790 g/mol. The SMILES string of the molecule is CC(C(=O)c1ccccc1)N1C(=O)c2ccccc2C1=O.CC(C)C.CCOC(=O)C(C)(C)SC.CCOC(=O)C(C)C.CCOC(=O)C(C)C(=O)OCC. The standard InChI is InChI=1S/C17H13NO3.C8H14O4.C7H14O2S.C6H12O2.C4H10/c1-11(15(19)12-7-3-2-4-8-12)18-16(20)13-9-5-6-10-14(13)17(18)21;1-4-11-7(9)6(3)8(10)12-5-2;1-5-9-6(8)7(2,3)10-4;1-4-8-6(7)5(2)3;1-4(2)3/h2-11H,1H3;6H,4-5H2,1-3H3;5H2,1-4H3;5H,4H2,1-3H3;4H,1-3H3. The fraction of sp³-hybridized carbons (Fsp3) is 0.548. The Morgan fingerprint density at radius 2 is 0.982 bits per heavy atom. The summed E-state index contributed by atoms with van der Waals surface area (Å²) >= 11 is 1.50. The van der Waals surface area contributed by atoms with E-state index in [1.54, 1.807) is 76.2 Å². The molecule has 308 valence electrons. The third-order valence-corrected chi connectivity index (χ3v) is 8.15. The number of thioether (sulfide) groups is 1. The van der Waals surface area contributed by atoms with Crippen molar-refractivity contribution in [1.29, 1.82) is 0 Å². The van der Waals surface area contributed by atoms with Gasteiger partial charge in [0.1, 0.15) is 10.8 Å². The Kier molecular flexibility index (Phi) is 26.7. The number of hydrogen-bond donors (Lipinski definition) is 0. The number of rotatable bonds is 12. The minimum atomic E-state index is -0.820. The highest BCUT2D eigenvalue weighted by Gasteiger charge is 2.40. The van der Waals surface area contributed by atoms with E-state index in [0.29, 0.717) is 29.9 Å². The summed E-state index contributed by atoms with van der Waals surface area (Å²) in [4.78, 5) is 81.6. The van der Waals surface area contributed by atoms with Crippen molar-refractivity contribution >= 4 is 53.2 Å². The molecular weight excluding hydrogens is 727 g/mol. The normalized spacial score (nSPS) is 11.9. The van der Waals surface area contributed by atoms with Crippen molar-refractivity contribution in [3.8, 4) is 0 Å². The Labute approximate surface area is 332 Å². The molecule has 0 aliphatic carbocycles. The highest BCUT2D eigenvalue weighted by Crippen LogP contribution is 2.26. The number of Topliss-reactive ketones (excluding diaryl/α,β-unsaturated/α-hetero) is 1. The second-order valence-electron chi connectivity index (χ2n) is 13.2. The van der Waals surface area contributed by atoms with Crippen LogP contribution < -0.4 is 0 Å². The summed E-state index contributed by atoms with van der Waals surface area (Å²) in [5.41, 5.74) is 1.20. The molecule has 0 saturated carbocycles. The van der Waals surface area contributed by atoms with E-state index < -0.39 is 40.5 Å². The summed E-state index contributed by atoms with van der Waals surface area (Å²) in [6, 6.07) is 14.5. The van der Waals surface area contributed by atoms with Crippen molar-refractivity contribution in [3.63, 3.8) is 0 Å². The molecule has 1 atom stereocenters. The van der Waals surface area contributed by atoms with Crippen LogP contribution in [0.3, 0.4) is 0 Å². The third-order valence-electron chi connectivity index (χ3n) is 6.97. The molecule has 0 radical (unpaired) electrons. The molecule has 1 unspecified atom stereocenters. The molecule has 1 heterocycles. The summed E-state index contributed by atoms with van der Waals surface area (Å²) < 4.78 is 18.4. The number of carbonyl (C=O) groups excluding carboxylic acids is 7. The molecule has 2 aromatic rings. The third kappa shape index (κ3) is 19.6. The van der Waals surface area contributed by atoms with Crippen molar-refractivity contribution in [2.45, 2.75) is 101 Å². The van der Waals surface area contributed by atoms with Crippen LogP contribution in [0.5, 0.6) is 0 Å². The quantitative estimate of drug-likeness (QED) is 0.0675. The number of esters is 4. The van der Waals surface area contributed by atoms with Crippen LogP contribution in [0.4, 0.5) is 0 Å². The van der Waals surface area contributed by atoms with Gasteiger partial charge in [-0.3, -0.25) is 38.5 Å². The van der Waals surface area contributed by atoms with Crippen LogP contribution in [-0.2, 0) is 38.1 Å². The van der Waals surface area contributed by atoms with Gasteiger partial charge < -0.3 is 18.9 Å². The maximum absolute atomic E-state index is 12.4. The first-order chi connectivity index (χ1) is 25.7. The number of amides is 2. The molecule has 13 heteroatoms. The van der Waals surface area contributed by atoms with Crippen molar-refractivity contribution in [2.24, 2.45) is 17.8 Å². The van der Waals surface area contributed by atoms with Gasteiger partial charge in [0.25, 0.3) is 11.8 Å². The first kappa shape index (κ1) is 52.6. The molecule has 2 amide bonds. The van der Waals surface area contributed by atoms with Gasteiger partial charge in [-0.2, -0.15) is 0 Å². The molecule has 0 fully saturated rings. The van der Waals surface area contributed by atoms with Crippen molar-refractivity contribution in [2.75, 3.05) is 32.7 Å². The molecule has 2 aromatic carbocycles. The molecule has 0 aromatic heterocycles. The zero-order valence-electron chi connectivity index (χ0n) is 35.2. The van der Waals surface area contributed by atoms with E-state index in [0.717, 1.165) is 10.8 Å². The van der Waals surface area contributed by atoms with E-state index in [4.69, 9.17) is 4.74 Å². The molecule has 0 spiro atoms. The second-order valence-corrected chi connectivity index (χ2v) is 14.7. The van der Waals surface area contributed by atoms with Crippen LogP contribution in [0.1, 0.15) is 121 Å². The van der Waals surface area contributed by atoms with Crippen molar-refractivity contribution in [1.82, 2.24) is 4.90 Å². The van der Waals surface area contributed by atoms with Crippen LogP contribution in [0.25, 0.3) is 0 Å². The molecule has 0 N–H and O–H groups in total. The molecule has 0 saturated heterocycles. The van der Waals surface area contributed by atoms with E-state index in [1.165, 1.54) is 18.7 Å². The lowest BCUT2D eigenvalue weighted by Gasteiger charge is -2.21. The minimum Gasteiger partial charge on any atom is -0.466 e. The summed E-state index contributed by atoms with van der Waals surface area (Å²) in [5.74, 6) is -2.35. The van der Waals surface area contributed by atoms with Gasteiger partial charge in [0.2, 0.25) is 0 Å². The fourth-order valence-electron chi connectivity index (χ4n) is 3.85. The zero-order valence-corrected chi connectivity index (χ0v) is 36.0. The number of ether oxygens (including phenoxy) is 4. The Morgan fingerprint density at radius 3 is 1.31 bits per heavy atom. The van der Waals surface area contributed by atoms with Crippen LogP contribution in [0.2, 0.25) is 0 Å². The summed E-state index contributed by atoms with van der Waals surface area (Å²) in [5, 5.41) is 0. The van der Waals surface area contributed by atoms with Crippen LogP contribution in [0.15, 0.2) is 54.6 Å². The van der Waals surface area contributed by atoms with Crippen molar-refractivity contribution < 1.29 is 52.5 Å². The van der Waals surface area contributed by atoms with Gasteiger partial charge in [-0.15, -0.1) is 11.8 Å². The monoisotopic (exact) mass is 789 g/mol. The zero-order chi connectivity index (χ0) is 42.9. The van der Waals surface area contributed by atoms with Gasteiger partial charge in [-0.1, -0.05) is 77.1 Å². The number of carbonyl (C=O) groups is 7. The summed E-state index contributed by atoms with van der Waals surface area (Å²) in [7, 11) is 0. The van der Waals surface area contributed by atoms with E-state index in [2.05, 4.69) is 35.0 Å². The lowest BCUT2D eigenvalue weighted by Crippen LogP contribution is -2.42. The molecule has 0 bridgehead atoms. The molecule has 55 heavy (non-hydrogen) atoms. The lowest BCUT2D eigenvalue weighted by atomic mass is 10.0. The molecule has 1 aliphatic rings. The molecule has 3 rings (SSSR count). The highest BCUT2D eigenvalue weighted by atomic mass is 32.2. The molecule has 12 nitrogen and oxygen atoms in total. The van der Waals surface area contributed by atoms with Crippen LogP contribution in [0, 0.1) is 17.8 Å². The van der Waals surface area contributed by atoms with E-state index in [1.807, 2.05) is 46.9 Å². The summed E-state index contributed by atoms with van der Waals surface area (Å²) in [6.07, 6.45) is 1.90. The number of fused-ring (bicyclic) bond motifs is 1. The van der Waals surface area contributed by atoms with E-state index in [9.17, 15) is 33.6 Å². The minimum absolute atomic E-state index is 0.00921. The Balaban J connectivity index is 0. The van der Waals surface area contributed by atoms with Gasteiger partial charge in [-0.25, -0.2) is 0 Å². The number of benzene rings is 2. The molecular formula is C42H63NO11S. The Morgan fingerprint density at radius 1 is 0.618 bits per heavy atom. The van der Waals surface area contributed by atoms with E-state index in [-0.39, 0.29) is 36.9 Å². The number of nitrogens with zero attached hydrogens (tertiary/aromatic N) is 1. The van der Waals surface area contributed by atoms with Gasteiger partial charge in [0.15, 0.2) is 11.7 Å². The van der Waals surface area contributed by atoms with Crippen LogP contribution >= 0.6 is 11.8 Å². The van der Waals surface area contributed by atoms with Gasteiger partial charge in [0, 0.05) is 5.56 Å². The predicted molar refractivity (Wildman–Crippen MR) is 216 cm³/mol. The predicted octanol–water partition coefficient (Wildman–Crippen LogP) is 7.86. The first-order valence-electron chi connectivity index (χ1n) is 18.5. The van der Waals surface area contributed by atoms with Crippen LogP contribution in [-0.4, -0.2) is 89.8 Å². The number of ketones is 1. The lowest BCUT2D eigenvalue weighted by molar-refractivity contribution is -0.160. The topological polar surface area (TPSA) is 160 Å².